The van der Waals surface area contributed by atoms with E-state index in [9.17, 15) is 27.6 Å². The van der Waals surface area contributed by atoms with Crippen LogP contribution in [0.25, 0.3) is 0 Å². The van der Waals surface area contributed by atoms with E-state index in [1.54, 1.807) is 48.5 Å². The zero-order chi connectivity index (χ0) is 25.5. The lowest BCUT2D eigenvalue weighted by Gasteiger charge is -2.35. The molecule has 2 atom stereocenters. The molecule has 1 fully saturated rings. The molecule has 4 bridgehead atoms. The number of halogens is 3. The molecule has 0 saturated carbocycles. The third-order valence-electron chi connectivity index (χ3n) is 7.16. The lowest BCUT2D eigenvalue weighted by atomic mass is 9.72. The number of fused-ring (bicyclic) bond motifs is 6. The van der Waals surface area contributed by atoms with Gasteiger partial charge in [-0.3, -0.25) is 14.4 Å². The Labute approximate surface area is 206 Å². The number of alkyl halides is 3. The van der Waals surface area contributed by atoms with Crippen LogP contribution in [0.5, 0.6) is 5.75 Å². The second kappa shape index (κ2) is 9.15. The first-order valence-corrected chi connectivity index (χ1v) is 12.0. The summed E-state index contributed by atoms with van der Waals surface area (Å²) in [4.78, 5) is 42.8. The molecular weight excluding hydrogens is 475 g/mol. The van der Waals surface area contributed by atoms with Crippen LogP contribution >= 0.6 is 0 Å². The van der Waals surface area contributed by atoms with E-state index in [4.69, 9.17) is 4.74 Å². The zero-order valence-electron chi connectivity index (χ0n) is 19.5. The van der Waals surface area contributed by atoms with Crippen molar-refractivity contribution < 1.29 is 32.3 Å². The van der Waals surface area contributed by atoms with Gasteiger partial charge in [-0.2, -0.15) is 13.2 Å². The quantitative estimate of drug-likeness (QED) is 0.684. The Morgan fingerprint density at radius 1 is 1.14 bits per heavy atom. The molecule has 1 N–H and O–H groups in total. The van der Waals surface area contributed by atoms with Gasteiger partial charge >= 0.3 is 6.18 Å². The molecule has 1 spiro atoms. The van der Waals surface area contributed by atoms with Crippen molar-refractivity contribution >= 4 is 23.4 Å². The van der Waals surface area contributed by atoms with Crippen molar-refractivity contribution in [1.82, 2.24) is 10.2 Å². The molecule has 3 aliphatic heterocycles. The maximum absolute atomic E-state index is 14.2. The normalized spacial score (nSPS) is 23.9. The monoisotopic (exact) mass is 501 g/mol. The van der Waals surface area contributed by atoms with Crippen LogP contribution in [-0.2, 0) is 19.8 Å². The number of rotatable bonds is 2. The average Bonchev–Trinajstić information content (AvgIpc) is 3.35. The van der Waals surface area contributed by atoms with Gasteiger partial charge in [0, 0.05) is 25.2 Å². The molecule has 10 heteroatoms. The minimum atomic E-state index is -4.47. The summed E-state index contributed by atoms with van der Waals surface area (Å²) in [6, 6.07) is 13.3. The van der Waals surface area contributed by atoms with Gasteiger partial charge in [-0.05, 0) is 42.2 Å². The third kappa shape index (κ3) is 4.18. The largest absolute Gasteiger partial charge is 0.494 e. The molecule has 2 aromatic carbocycles. The Bertz CT molecular complexity index is 1200. The predicted molar refractivity (Wildman–Crippen MR) is 124 cm³/mol. The van der Waals surface area contributed by atoms with Crippen molar-refractivity contribution in [2.75, 3.05) is 31.1 Å². The molecule has 5 rings (SSSR count). The van der Waals surface area contributed by atoms with E-state index in [0.717, 1.165) is 0 Å². The van der Waals surface area contributed by atoms with E-state index in [0.29, 0.717) is 42.1 Å². The lowest BCUT2D eigenvalue weighted by Crippen LogP contribution is -2.48. The standard InChI is InChI=1S/C26H26F3N3O4/c27-26(28,29)10-9-22(34)31-13-11-25-19-7-1-2-8-20(19)32(24(25)35)16-21(33)30-12-4-14-36-18-6-3-5-17(15-18)23(25)31/h1-3,5-8,15,23H,4,9-14,16H2,(H,30,33)/t23-,25+/m0/s1. The Hall–Kier alpha value is -3.56. The minimum Gasteiger partial charge on any atom is -0.494 e. The van der Waals surface area contributed by atoms with Crippen LogP contribution in [0.1, 0.15) is 42.9 Å². The number of benzene rings is 2. The van der Waals surface area contributed by atoms with Crippen LogP contribution in [0.3, 0.4) is 0 Å². The smallest absolute Gasteiger partial charge is 0.389 e. The Morgan fingerprint density at radius 2 is 1.94 bits per heavy atom. The first-order valence-electron chi connectivity index (χ1n) is 12.0. The Morgan fingerprint density at radius 3 is 2.75 bits per heavy atom. The van der Waals surface area contributed by atoms with E-state index >= 15 is 0 Å². The van der Waals surface area contributed by atoms with Crippen LogP contribution in [0, 0.1) is 0 Å². The summed E-state index contributed by atoms with van der Waals surface area (Å²) in [5, 5.41) is 2.81. The number of hydrogen-bond acceptors (Lipinski definition) is 4. The van der Waals surface area contributed by atoms with Gasteiger partial charge in [0.05, 0.1) is 19.1 Å². The first kappa shape index (κ1) is 24.1. The highest BCUT2D eigenvalue weighted by molar-refractivity contribution is 6.12. The van der Waals surface area contributed by atoms with E-state index in [-0.39, 0.29) is 31.3 Å². The van der Waals surface area contributed by atoms with Crippen molar-refractivity contribution in [3.05, 3.63) is 59.7 Å². The van der Waals surface area contributed by atoms with Crippen molar-refractivity contribution in [2.24, 2.45) is 0 Å². The Kier molecular flexibility index (Phi) is 6.13. The molecule has 0 radical (unpaired) electrons. The van der Waals surface area contributed by atoms with Crippen LogP contribution in [0.15, 0.2) is 48.5 Å². The molecule has 0 aromatic heterocycles. The molecule has 3 aliphatic rings. The fourth-order valence-corrected chi connectivity index (χ4v) is 5.63. The SMILES string of the molecule is O=C1CN2C(=O)[C@]3(CCN(C(=O)CCC(F)(F)F)[C@H]3c3cccc(c3)OCCCN1)c1ccccc12. The fourth-order valence-electron chi connectivity index (χ4n) is 5.63. The van der Waals surface area contributed by atoms with Gasteiger partial charge in [-0.15, -0.1) is 0 Å². The number of anilines is 1. The van der Waals surface area contributed by atoms with Crippen LogP contribution < -0.4 is 15.0 Å². The number of para-hydroxylation sites is 1. The lowest BCUT2D eigenvalue weighted by molar-refractivity contribution is -0.150. The molecule has 0 unspecified atom stereocenters. The van der Waals surface area contributed by atoms with E-state index in [1.165, 1.54) is 9.80 Å². The molecular formula is C26H26F3N3O4. The van der Waals surface area contributed by atoms with Crippen LogP contribution in [0.2, 0.25) is 0 Å². The highest BCUT2D eigenvalue weighted by Gasteiger charge is 2.61. The first-order chi connectivity index (χ1) is 17.2. The number of carbonyl (C=O) groups excluding carboxylic acids is 3. The summed E-state index contributed by atoms with van der Waals surface area (Å²) in [6.07, 6.45) is -5.62. The van der Waals surface area contributed by atoms with Gasteiger partial charge in [-0.25, -0.2) is 0 Å². The van der Waals surface area contributed by atoms with Gasteiger partial charge in [-0.1, -0.05) is 30.3 Å². The third-order valence-corrected chi connectivity index (χ3v) is 7.16. The summed E-state index contributed by atoms with van der Waals surface area (Å²) in [6.45, 7) is 0.661. The molecule has 7 nitrogen and oxygen atoms in total. The van der Waals surface area contributed by atoms with Crippen LogP contribution in [-0.4, -0.2) is 55.0 Å². The number of likely N-dealkylation sites (tertiary alicyclic amines) is 1. The number of ether oxygens (including phenoxy) is 1. The van der Waals surface area contributed by atoms with Crippen molar-refractivity contribution in [1.29, 1.82) is 0 Å². The highest BCUT2D eigenvalue weighted by atomic mass is 19.4. The van der Waals surface area contributed by atoms with E-state index in [2.05, 4.69) is 5.32 Å². The number of hydrogen-bond donors (Lipinski definition) is 1. The summed E-state index contributed by atoms with van der Waals surface area (Å²) < 4.78 is 44.7. The van der Waals surface area contributed by atoms with E-state index in [1.807, 2.05) is 0 Å². The number of amides is 3. The van der Waals surface area contributed by atoms with Gasteiger partial charge in [0.15, 0.2) is 0 Å². The summed E-state index contributed by atoms with van der Waals surface area (Å²) in [5.74, 6) is -0.795. The van der Waals surface area contributed by atoms with Gasteiger partial charge in [0.2, 0.25) is 17.7 Å². The highest BCUT2D eigenvalue weighted by Crippen LogP contribution is 2.57. The van der Waals surface area contributed by atoms with Gasteiger partial charge < -0.3 is 19.9 Å². The molecule has 190 valence electrons. The average molecular weight is 502 g/mol. The fraction of sp³-hybridized carbons (Fsp3) is 0.423. The summed E-state index contributed by atoms with van der Waals surface area (Å²) >= 11 is 0. The minimum absolute atomic E-state index is 0.118. The number of nitrogens with one attached hydrogen (secondary N) is 1. The summed E-state index contributed by atoms with van der Waals surface area (Å²) in [7, 11) is 0. The second-order valence-electron chi connectivity index (χ2n) is 9.36. The molecule has 3 amide bonds. The van der Waals surface area contributed by atoms with Crippen molar-refractivity contribution in [3.63, 3.8) is 0 Å². The van der Waals surface area contributed by atoms with Gasteiger partial charge in [0.1, 0.15) is 17.7 Å². The molecule has 0 aliphatic carbocycles. The van der Waals surface area contributed by atoms with Crippen molar-refractivity contribution in [2.45, 2.75) is 43.3 Å². The van der Waals surface area contributed by atoms with Crippen LogP contribution in [0.4, 0.5) is 18.9 Å². The Balaban J connectivity index is 1.65. The molecule has 36 heavy (non-hydrogen) atoms. The maximum atomic E-state index is 14.2. The maximum Gasteiger partial charge on any atom is 0.389 e. The topological polar surface area (TPSA) is 79.0 Å². The van der Waals surface area contributed by atoms with Crippen molar-refractivity contribution in [3.8, 4) is 5.75 Å². The number of nitrogens with zero attached hydrogens (tertiary/aromatic N) is 2. The molecule has 2 aromatic rings. The predicted octanol–water partition coefficient (Wildman–Crippen LogP) is 3.49. The zero-order valence-corrected chi connectivity index (χ0v) is 19.5. The molecule has 1 saturated heterocycles. The number of carbonyl (C=O) groups is 3. The van der Waals surface area contributed by atoms with E-state index < -0.39 is 36.4 Å². The second-order valence-corrected chi connectivity index (χ2v) is 9.36. The summed E-state index contributed by atoms with van der Waals surface area (Å²) in [5.41, 5.74) is 0.625. The van der Waals surface area contributed by atoms with Gasteiger partial charge in [0.25, 0.3) is 0 Å². The molecule has 3 heterocycles.